The topological polar surface area (TPSA) is 72.2 Å². The highest BCUT2D eigenvalue weighted by Gasteiger charge is 2.18. The summed E-state index contributed by atoms with van der Waals surface area (Å²) >= 11 is 5.80. The van der Waals surface area contributed by atoms with E-state index < -0.39 is 15.8 Å². The van der Waals surface area contributed by atoms with Crippen LogP contribution in [0.15, 0.2) is 41.3 Å². The summed E-state index contributed by atoms with van der Waals surface area (Å²) in [4.78, 5) is 0.0536. The lowest BCUT2D eigenvalue weighted by Crippen LogP contribution is -2.15. The Kier molecular flexibility index (Phi) is 3.87. The number of nitrogens with one attached hydrogen (secondary N) is 1. The summed E-state index contributed by atoms with van der Waals surface area (Å²) in [5, 5.41) is -0.0184. The molecular weight excluding hydrogens is 303 g/mol. The fourth-order valence-corrected chi connectivity index (χ4v) is 3.31. The molecule has 0 amide bonds. The monoisotopic (exact) mass is 314 g/mol. The van der Waals surface area contributed by atoms with Crippen LogP contribution >= 0.6 is 11.6 Å². The van der Waals surface area contributed by atoms with Crippen LogP contribution in [0.3, 0.4) is 0 Å². The van der Waals surface area contributed by atoms with Gasteiger partial charge < -0.3 is 5.73 Å². The summed E-state index contributed by atoms with van der Waals surface area (Å²) in [7, 11) is -3.84. The molecule has 0 saturated carbocycles. The number of rotatable bonds is 3. The van der Waals surface area contributed by atoms with Crippen LogP contribution in [0.25, 0.3) is 0 Å². The minimum absolute atomic E-state index is 0.0184. The highest BCUT2D eigenvalue weighted by Crippen LogP contribution is 2.27. The number of hydrogen-bond acceptors (Lipinski definition) is 3. The Balaban J connectivity index is 2.43. The van der Waals surface area contributed by atoms with E-state index in [0.29, 0.717) is 11.3 Å². The molecule has 2 aromatic rings. The van der Waals surface area contributed by atoms with Crippen LogP contribution in [0.4, 0.5) is 15.8 Å². The number of hydrogen-bond donors (Lipinski definition) is 2. The standard InChI is InChI=1S/C13H12ClFN2O2S/c1-8-2-4-10(16)7-13(8)20(18,19)17-12-5-3-9(15)6-11(12)14/h2-7,17H,16H2,1H3. The lowest BCUT2D eigenvalue weighted by Gasteiger charge is -2.12. The first-order chi connectivity index (χ1) is 9.29. The number of aryl methyl sites for hydroxylation is 1. The van der Waals surface area contributed by atoms with Crippen LogP contribution in [0.2, 0.25) is 5.02 Å². The SMILES string of the molecule is Cc1ccc(N)cc1S(=O)(=O)Nc1ccc(F)cc1Cl. The third kappa shape index (κ3) is 3.02. The molecule has 106 valence electrons. The van der Waals surface area contributed by atoms with Crippen molar-refractivity contribution >= 4 is 33.0 Å². The molecule has 0 atom stereocenters. The second-order valence-electron chi connectivity index (χ2n) is 4.25. The lowest BCUT2D eigenvalue weighted by molar-refractivity contribution is 0.600. The first-order valence-electron chi connectivity index (χ1n) is 5.63. The summed E-state index contributed by atoms with van der Waals surface area (Å²) in [5.41, 5.74) is 6.59. The maximum Gasteiger partial charge on any atom is 0.262 e. The Bertz CT molecular complexity index is 763. The number of halogens is 2. The summed E-state index contributed by atoms with van der Waals surface area (Å²) in [5.74, 6) is -0.543. The van der Waals surface area contributed by atoms with E-state index in [2.05, 4.69) is 4.72 Å². The average molecular weight is 315 g/mol. The Morgan fingerprint density at radius 2 is 1.90 bits per heavy atom. The van der Waals surface area contributed by atoms with E-state index in [9.17, 15) is 12.8 Å². The summed E-state index contributed by atoms with van der Waals surface area (Å²) in [6.07, 6.45) is 0. The average Bonchev–Trinajstić information content (AvgIpc) is 2.35. The normalized spacial score (nSPS) is 11.3. The lowest BCUT2D eigenvalue weighted by atomic mass is 10.2. The van der Waals surface area contributed by atoms with Gasteiger partial charge in [0.05, 0.1) is 15.6 Å². The smallest absolute Gasteiger partial charge is 0.262 e. The summed E-state index contributed by atoms with van der Waals surface area (Å²) < 4.78 is 39.8. The predicted molar refractivity (Wildman–Crippen MR) is 77.8 cm³/mol. The Morgan fingerprint density at radius 1 is 1.20 bits per heavy atom. The largest absolute Gasteiger partial charge is 0.399 e. The molecule has 0 spiro atoms. The number of nitrogen functional groups attached to an aromatic ring is 1. The van der Waals surface area contributed by atoms with Crippen molar-refractivity contribution in [1.82, 2.24) is 0 Å². The maximum atomic E-state index is 12.9. The van der Waals surface area contributed by atoms with Gasteiger partial charge in [0.25, 0.3) is 10.0 Å². The second-order valence-corrected chi connectivity index (χ2v) is 6.31. The van der Waals surface area contributed by atoms with Gasteiger partial charge in [-0.05, 0) is 42.8 Å². The number of nitrogens with two attached hydrogens (primary N) is 1. The van der Waals surface area contributed by atoms with Crippen molar-refractivity contribution in [3.8, 4) is 0 Å². The van der Waals surface area contributed by atoms with Crippen molar-refractivity contribution in [1.29, 1.82) is 0 Å². The van der Waals surface area contributed by atoms with Gasteiger partial charge in [0.1, 0.15) is 5.82 Å². The van der Waals surface area contributed by atoms with Crippen LogP contribution < -0.4 is 10.5 Å². The highest BCUT2D eigenvalue weighted by atomic mass is 35.5. The third-order valence-electron chi connectivity index (χ3n) is 2.68. The molecule has 0 aliphatic carbocycles. The van der Waals surface area contributed by atoms with E-state index in [-0.39, 0.29) is 15.6 Å². The van der Waals surface area contributed by atoms with Gasteiger partial charge >= 0.3 is 0 Å². The summed E-state index contributed by atoms with van der Waals surface area (Å²) in [6.45, 7) is 1.65. The van der Waals surface area contributed by atoms with Crippen molar-refractivity contribution in [2.24, 2.45) is 0 Å². The molecule has 7 heteroatoms. The fraction of sp³-hybridized carbons (Fsp3) is 0.0769. The molecular formula is C13H12ClFN2O2S. The van der Waals surface area contributed by atoms with E-state index in [4.69, 9.17) is 17.3 Å². The van der Waals surface area contributed by atoms with Crippen LogP contribution in [0.1, 0.15) is 5.56 Å². The first-order valence-corrected chi connectivity index (χ1v) is 7.50. The van der Waals surface area contributed by atoms with Gasteiger partial charge in [-0.1, -0.05) is 17.7 Å². The molecule has 0 aliphatic rings. The van der Waals surface area contributed by atoms with E-state index in [1.165, 1.54) is 12.1 Å². The molecule has 0 bridgehead atoms. The Labute approximate surface area is 121 Å². The molecule has 0 radical (unpaired) electrons. The molecule has 0 aliphatic heterocycles. The van der Waals surface area contributed by atoms with E-state index in [1.54, 1.807) is 19.1 Å². The third-order valence-corrected chi connectivity index (χ3v) is 4.50. The predicted octanol–water partition coefficient (Wildman–Crippen LogP) is 3.17. The van der Waals surface area contributed by atoms with Gasteiger partial charge in [0.15, 0.2) is 0 Å². The highest BCUT2D eigenvalue weighted by molar-refractivity contribution is 7.92. The van der Waals surface area contributed by atoms with Crippen molar-refractivity contribution in [3.63, 3.8) is 0 Å². The summed E-state index contributed by atoms with van der Waals surface area (Å²) in [6, 6.07) is 7.99. The molecule has 0 unspecified atom stereocenters. The van der Waals surface area contributed by atoms with Gasteiger partial charge in [-0.25, -0.2) is 12.8 Å². The van der Waals surface area contributed by atoms with Crippen molar-refractivity contribution in [2.45, 2.75) is 11.8 Å². The number of anilines is 2. The molecule has 4 nitrogen and oxygen atoms in total. The zero-order valence-electron chi connectivity index (χ0n) is 10.5. The van der Waals surface area contributed by atoms with Gasteiger partial charge in [-0.3, -0.25) is 4.72 Å². The minimum Gasteiger partial charge on any atom is -0.399 e. The van der Waals surface area contributed by atoms with Crippen LogP contribution in [0, 0.1) is 12.7 Å². The number of benzene rings is 2. The molecule has 0 heterocycles. The molecule has 20 heavy (non-hydrogen) atoms. The molecule has 2 rings (SSSR count). The molecule has 0 fully saturated rings. The van der Waals surface area contributed by atoms with E-state index in [1.807, 2.05) is 0 Å². The van der Waals surface area contributed by atoms with Gasteiger partial charge in [-0.15, -0.1) is 0 Å². The Morgan fingerprint density at radius 3 is 2.55 bits per heavy atom. The maximum absolute atomic E-state index is 12.9. The second kappa shape index (κ2) is 5.30. The van der Waals surface area contributed by atoms with Crippen LogP contribution in [-0.4, -0.2) is 8.42 Å². The van der Waals surface area contributed by atoms with Gasteiger partial charge in [-0.2, -0.15) is 0 Å². The molecule has 2 aromatic carbocycles. The molecule has 0 aromatic heterocycles. The van der Waals surface area contributed by atoms with Gasteiger partial charge in [0.2, 0.25) is 0 Å². The van der Waals surface area contributed by atoms with Crippen LogP contribution in [-0.2, 0) is 10.0 Å². The van der Waals surface area contributed by atoms with Crippen molar-refractivity contribution < 1.29 is 12.8 Å². The fourth-order valence-electron chi connectivity index (χ4n) is 1.68. The Hall–Kier alpha value is -1.79. The van der Waals surface area contributed by atoms with Crippen molar-refractivity contribution in [3.05, 3.63) is 52.8 Å². The van der Waals surface area contributed by atoms with E-state index in [0.717, 1.165) is 12.1 Å². The quantitative estimate of drug-likeness (QED) is 0.855. The zero-order valence-corrected chi connectivity index (χ0v) is 12.1. The zero-order chi connectivity index (χ0) is 14.9. The van der Waals surface area contributed by atoms with Gasteiger partial charge in [0, 0.05) is 5.69 Å². The minimum atomic E-state index is -3.84. The first kappa shape index (κ1) is 14.6. The number of sulfonamides is 1. The molecule has 3 N–H and O–H groups in total. The van der Waals surface area contributed by atoms with Crippen LogP contribution in [0.5, 0.6) is 0 Å². The van der Waals surface area contributed by atoms with Crippen molar-refractivity contribution in [2.75, 3.05) is 10.5 Å². The molecule has 0 saturated heterocycles. The van der Waals surface area contributed by atoms with E-state index >= 15 is 0 Å².